The van der Waals surface area contributed by atoms with E-state index < -0.39 is 0 Å². The second-order valence-corrected chi connectivity index (χ2v) is 2.44. The predicted molar refractivity (Wildman–Crippen MR) is 41.8 cm³/mol. The van der Waals surface area contributed by atoms with Crippen LogP contribution in [-0.4, -0.2) is 26.2 Å². The standard InChI is InChI=1S/C7H15NO2.H2/c1-6(2)7(9)8-4-5-10-3;/h6H,4-5H2,1-3H3,(H,8,9);1H. The lowest BCUT2D eigenvalue weighted by Gasteiger charge is -2.05. The first kappa shape index (κ1) is 9.43. The van der Waals surface area contributed by atoms with Crippen LogP contribution in [-0.2, 0) is 9.53 Å². The minimum absolute atomic E-state index is 0. The number of hydrogen-bond donors (Lipinski definition) is 1. The second kappa shape index (κ2) is 5.23. The first-order valence-corrected chi connectivity index (χ1v) is 3.45. The van der Waals surface area contributed by atoms with Crippen molar-refractivity contribution < 1.29 is 11.0 Å². The van der Waals surface area contributed by atoms with Gasteiger partial charge in [-0.3, -0.25) is 4.79 Å². The van der Waals surface area contributed by atoms with Gasteiger partial charge in [0.25, 0.3) is 0 Å². The molecule has 0 spiro atoms. The van der Waals surface area contributed by atoms with E-state index in [1.165, 1.54) is 0 Å². The summed E-state index contributed by atoms with van der Waals surface area (Å²) in [6, 6.07) is 0. The van der Waals surface area contributed by atoms with Crippen molar-refractivity contribution in [3.63, 3.8) is 0 Å². The average molecular weight is 147 g/mol. The van der Waals surface area contributed by atoms with Crippen LogP contribution >= 0.6 is 0 Å². The molecular formula is C7H17NO2. The molecule has 1 amide bonds. The summed E-state index contributed by atoms with van der Waals surface area (Å²) in [6.07, 6.45) is 0. The number of nitrogens with one attached hydrogen (secondary N) is 1. The molecule has 0 aliphatic rings. The molecule has 0 unspecified atom stereocenters. The Hall–Kier alpha value is -0.570. The van der Waals surface area contributed by atoms with Crippen molar-refractivity contribution in [1.82, 2.24) is 5.32 Å². The van der Waals surface area contributed by atoms with Crippen LogP contribution in [0.3, 0.4) is 0 Å². The van der Waals surface area contributed by atoms with Crippen molar-refractivity contribution in [2.24, 2.45) is 5.92 Å². The number of rotatable bonds is 4. The van der Waals surface area contributed by atoms with Gasteiger partial charge in [-0.15, -0.1) is 0 Å². The molecule has 10 heavy (non-hydrogen) atoms. The molecule has 3 heteroatoms. The quantitative estimate of drug-likeness (QED) is 0.593. The number of methoxy groups -OCH3 is 1. The van der Waals surface area contributed by atoms with Crippen LogP contribution in [0.25, 0.3) is 0 Å². The van der Waals surface area contributed by atoms with Crippen LogP contribution in [0.2, 0.25) is 0 Å². The highest BCUT2D eigenvalue weighted by Crippen LogP contribution is 1.88. The Morgan fingerprint density at radius 2 is 2.30 bits per heavy atom. The maximum absolute atomic E-state index is 10.9. The summed E-state index contributed by atoms with van der Waals surface area (Å²) >= 11 is 0. The number of hydrogen-bond acceptors (Lipinski definition) is 2. The topological polar surface area (TPSA) is 38.3 Å². The summed E-state index contributed by atoms with van der Waals surface area (Å²) in [5.41, 5.74) is 0. The van der Waals surface area contributed by atoms with Crippen LogP contribution in [0.1, 0.15) is 15.3 Å². The van der Waals surface area contributed by atoms with Gasteiger partial charge in [0.15, 0.2) is 0 Å². The van der Waals surface area contributed by atoms with Crippen molar-refractivity contribution in [1.29, 1.82) is 0 Å². The molecule has 0 fully saturated rings. The van der Waals surface area contributed by atoms with E-state index in [1.54, 1.807) is 7.11 Å². The fraction of sp³-hybridized carbons (Fsp3) is 0.857. The molecule has 0 atom stereocenters. The smallest absolute Gasteiger partial charge is 0.222 e. The van der Waals surface area contributed by atoms with Crippen LogP contribution in [0, 0.1) is 5.92 Å². The third kappa shape index (κ3) is 4.32. The van der Waals surface area contributed by atoms with Crippen molar-refractivity contribution in [3.8, 4) is 0 Å². The van der Waals surface area contributed by atoms with Gasteiger partial charge in [-0.1, -0.05) is 13.8 Å². The lowest BCUT2D eigenvalue weighted by atomic mass is 10.2. The van der Waals surface area contributed by atoms with E-state index in [0.29, 0.717) is 13.2 Å². The maximum atomic E-state index is 10.9. The van der Waals surface area contributed by atoms with Crippen LogP contribution in [0.4, 0.5) is 0 Å². The van der Waals surface area contributed by atoms with Gasteiger partial charge in [-0.05, 0) is 0 Å². The van der Waals surface area contributed by atoms with E-state index in [9.17, 15) is 4.79 Å². The Morgan fingerprint density at radius 3 is 2.70 bits per heavy atom. The van der Waals surface area contributed by atoms with Crippen LogP contribution in [0.5, 0.6) is 0 Å². The molecule has 0 aromatic carbocycles. The molecule has 0 aliphatic heterocycles. The minimum atomic E-state index is 0. The number of ether oxygens (including phenoxy) is 1. The Labute approximate surface area is 63.2 Å². The Bertz CT molecular complexity index is 107. The van der Waals surface area contributed by atoms with E-state index in [1.807, 2.05) is 13.8 Å². The van der Waals surface area contributed by atoms with Gasteiger partial charge in [0, 0.05) is 21.0 Å². The van der Waals surface area contributed by atoms with E-state index in [4.69, 9.17) is 4.74 Å². The molecule has 0 bridgehead atoms. The summed E-state index contributed by atoms with van der Waals surface area (Å²) in [4.78, 5) is 10.9. The number of amides is 1. The lowest BCUT2D eigenvalue weighted by molar-refractivity contribution is -0.124. The highest BCUT2D eigenvalue weighted by atomic mass is 16.5. The van der Waals surface area contributed by atoms with Gasteiger partial charge in [0.2, 0.25) is 5.91 Å². The Morgan fingerprint density at radius 1 is 1.70 bits per heavy atom. The summed E-state index contributed by atoms with van der Waals surface area (Å²) in [7, 11) is 1.61. The van der Waals surface area contributed by atoms with Crippen LogP contribution in [0.15, 0.2) is 0 Å². The maximum Gasteiger partial charge on any atom is 0.222 e. The Balaban J connectivity index is 0. The molecule has 0 saturated carbocycles. The van der Waals surface area contributed by atoms with Gasteiger partial charge in [0.1, 0.15) is 0 Å². The molecule has 62 valence electrons. The van der Waals surface area contributed by atoms with E-state index in [-0.39, 0.29) is 13.3 Å². The largest absolute Gasteiger partial charge is 0.383 e. The third-order valence-corrected chi connectivity index (χ3v) is 1.13. The average Bonchev–Trinajstić information content (AvgIpc) is 1.88. The summed E-state index contributed by atoms with van der Waals surface area (Å²) in [5, 5.41) is 2.72. The monoisotopic (exact) mass is 147 g/mol. The first-order chi connectivity index (χ1) is 4.68. The summed E-state index contributed by atoms with van der Waals surface area (Å²) in [6.45, 7) is 4.91. The number of carbonyl (C=O) groups is 1. The zero-order chi connectivity index (χ0) is 7.98. The summed E-state index contributed by atoms with van der Waals surface area (Å²) < 4.78 is 4.76. The molecule has 0 aromatic heterocycles. The molecular weight excluding hydrogens is 130 g/mol. The van der Waals surface area contributed by atoms with E-state index in [0.717, 1.165) is 0 Å². The molecule has 0 saturated heterocycles. The van der Waals surface area contributed by atoms with Crippen LogP contribution < -0.4 is 5.32 Å². The third-order valence-electron chi connectivity index (χ3n) is 1.13. The molecule has 0 rings (SSSR count). The summed E-state index contributed by atoms with van der Waals surface area (Å²) in [5.74, 6) is 0.147. The van der Waals surface area contributed by atoms with Gasteiger partial charge < -0.3 is 10.1 Å². The fourth-order valence-corrected chi connectivity index (χ4v) is 0.480. The first-order valence-electron chi connectivity index (χ1n) is 3.45. The normalized spacial score (nSPS) is 10.0. The molecule has 1 N–H and O–H groups in total. The minimum Gasteiger partial charge on any atom is -0.383 e. The SMILES string of the molecule is COCCNC(=O)C(C)C.[HH]. The van der Waals surface area contributed by atoms with Crippen molar-refractivity contribution in [3.05, 3.63) is 0 Å². The molecule has 0 heterocycles. The van der Waals surface area contributed by atoms with Gasteiger partial charge >= 0.3 is 0 Å². The molecule has 0 aromatic rings. The second-order valence-electron chi connectivity index (χ2n) is 2.44. The predicted octanol–water partition coefficient (Wildman–Crippen LogP) is 0.651. The fourth-order valence-electron chi connectivity index (χ4n) is 0.480. The Kier molecular flexibility index (Phi) is 4.94. The van der Waals surface area contributed by atoms with Gasteiger partial charge in [-0.25, -0.2) is 0 Å². The van der Waals surface area contributed by atoms with E-state index in [2.05, 4.69) is 5.32 Å². The van der Waals surface area contributed by atoms with Crippen molar-refractivity contribution in [2.75, 3.05) is 20.3 Å². The highest BCUT2D eigenvalue weighted by molar-refractivity contribution is 5.77. The zero-order valence-electron chi connectivity index (χ0n) is 6.81. The lowest BCUT2D eigenvalue weighted by Crippen LogP contribution is -2.30. The van der Waals surface area contributed by atoms with Crippen molar-refractivity contribution in [2.45, 2.75) is 13.8 Å². The molecule has 0 radical (unpaired) electrons. The van der Waals surface area contributed by atoms with Gasteiger partial charge in [0.05, 0.1) is 6.61 Å². The molecule has 3 nitrogen and oxygen atoms in total. The zero-order valence-corrected chi connectivity index (χ0v) is 6.81. The van der Waals surface area contributed by atoms with Gasteiger partial charge in [-0.2, -0.15) is 0 Å². The highest BCUT2D eigenvalue weighted by Gasteiger charge is 2.03. The van der Waals surface area contributed by atoms with Crippen molar-refractivity contribution >= 4 is 5.91 Å². The molecule has 0 aliphatic carbocycles. The van der Waals surface area contributed by atoms with E-state index >= 15 is 0 Å². The number of carbonyl (C=O) groups excluding carboxylic acids is 1.